The van der Waals surface area contributed by atoms with E-state index in [-0.39, 0.29) is 11.7 Å². The summed E-state index contributed by atoms with van der Waals surface area (Å²) in [6.07, 6.45) is 3.18. The molecule has 0 unspecified atom stereocenters. The maximum atomic E-state index is 13.1. The largest absolute Gasteiger partial charge is 0.339 e. The van der Waals surface area contributed by atoms with Crippen molar-refractivity contribution in [1.82, 2.24) is 4.90 Å². The van der Waals surface area contributed by atoms with Gasteiger partial charge >= 0.3 is 0 Å². The highest BCUT2D eigenvalue weighted by atomic mass is 79.9. The SMILES string of the molecule is CC1(C)CCCN(C(=O)c2ccc(F)cc2Br)CC1. The Morgan fingerprint density at radius 3 is 2.74 bits per heavy atom. The Morgan fingerprint density at radius 2 is 2.05 bits per heavy atom. The van der Waals surface area contributed by atoms with Gasteiger partial charge in [0.1, 0.15) is 5.82 Å². The van der Waals surface area contributed by atoms with Crippen LogP contribution in [0.2, 0.25) is 0 Å². The van der Waals surface area contributed by atoms with Gasteiger partial charge in [0, 0.05) is 17.6 Å². The lowest BCUT2D eigenvalue weighted by Crippen LogP contribution is -2.32. The van der Waals surface area contributed by atoms with E-state index in [1.807, 2.05) is 4.90 Å². The lowest BCUT2D eigenvalue weighted by atomic mass is 9.85. The van der Waals surface area contributed by atoms with Crippen molar-refractivity contribution in [2.24, 2.45) is 5.41 Å². The molecular weight excluding hydrogens is 309 g/mol. The summed E-state index contributed by atoms with van der Waals surface area (Å²) in [7, 11) is 0. The van der Waals surface area contributed by atoms with Crippen LogP contribution in [0.15, 0.2) is 22.7 Å². The maximum absolute atomic E-state index is 13.1. The normalized spacial score (nSPS) is 19.1. The number of rotatable bonds is 1. The molecule has 1 heterocycles. The maximum Gasteiger partial charge on any atom is 0.255 e. The monoisotopic (exact) mass is 327 g/mol. The molecule has 1 amide bonds. The molecule has 19 heavy (non-hydrogen) atoms. The van der Waals surface area contributed by atoms with Crippen molar-refractivity contribution in [3.05, 3.63) is 34.1 Å². The zero-order valence-electron chi connectivity index (χ0n) is 11.4. The molecule has 0 spiro atoms. The third-order valence-corrected chi connectivity index (χ3v) is 4.44. The summed E-state index contributed by atoms with van der Waals surface area (Å²) in [4.78, 5) is 14.4. The number of likely N-dealkylation sites (tertiary alicyclic amines) is 1. The molecule has 0 N–H and O–H groups in total. The van der Waals surface area contributed by atoms with E-state index in [4.69, 9.17) is 0 Å². The molecule has 0 atom stereocenters. The number of hydrogen-bond acceptors (Lipinski definition) is 1. The predicted molar refractivity (Wildman–Crippen MR) is 77.6 cm³/mol. The lowest BCUT2D eigenvalue weighted by molar-refractivity contribution is 0.0756. The van der Waals surface area contributed by atoms with Gasteiger partial charge in [-0.1, -0.05) is 13.8 Å². The van der Waals surface area contributed by atoms with Gasteiger partial charge in [-0.05, 0) is 58.8 Å². The number of nitrogens with zero attached hydrogens (tertiary/aromatic N) is 1. The summed E-state index contributed by atoms with van der Waals surface area (Å²) in [5, 5.41) is 0. The first-order valence-corrected chi connectivity index (χ1v) is 7.43. The third kappa shape index (κ3) is 3.56. The fourth-order valence-corrected chi connectivity index (χ4v) is 2.98. The Bertz CT molecular complexity index is 487. The number of amides is 1. The van der Waals surface area contributed by atoms with E-state index in [1.54, 1.807) is 6.07 Å². The van der Waals surface area contributed by atoms with Gasteiger partial charge in [0.2, 0.25) is 0 Å². The van der Waals surface area contributed by atoms with E-state index < -0.39 is 0 Å². The number of hydrogen-bond donors (Lipinski definition) is 0. The molecule has 4 heteroatoms. The molecule has 1 aromatic carbocycles. The molecule has 1 saturated heterocycles. The van der Waals surface area contributed by atoms with Crippen LogP contribution >= 0.6 is 15.9 Å². The molecule has 1 aliphatic heterocycles. The van der Waals surface area contributed by atoms with Crippen LogP contribution in [0, 0.1) is 11.2 Å². The van der Waals surface area contributed by atoms with E-state index >= 15 is 0 Å². The molecule has 1 aromatic rings. The fraction of sp³-hybridized carbons (Fsp3) is 0.533. The molecule has 0 saturated carbocycles. The van der Waals surface area contributed by atoms with E-state index in [1.165, 1.54) is 12.1 Å². The van der Waals surface area contributed by atoms with Crippen molar-refractivity contribution >= 4 is 21.8 Å². The van der Waals surface area contributed by atoms with Crippen molar-refractivity contribution in [2.45, 2.75) is 33.1 Å². The van der Waals surface area contributed by atoms with Gasteiger partial charge in [0.15, 0.2) is 0 Å². The molecule has 104 valence electrons. The molecule has 0 aliphatic carbocycles. The van der Waals surface area contributed by atoms with Crippen molar-refractivity contribution < 1.29 is 9.18 Å². The van der Waals surface area contributed by atoms with Crippen LogP contribution in [-0.2, 0) is 0 Å². The van der Waals surface area contributed by atoms with Gasteiger partial charge in [0.05, 0.1) is 5.56 Å². The minimum atomic E-state index is -0.333. The van der Waals surface area contributed by atoms with E-state index in [9.17, 15) is 9.18 Å². The summed E-state index contributed by atoms with van der Waals surface area (Å²) < 4.78 is 13.6. The van der Waals surface area contributed by atoms with Gasteiger partial charge in [0.25, 0.3) is 5.91 Å². The third-order valence-electron chi connectivity index (χ3n) is 3.79. The molecule has 0 aromatic heterocycles. The minimum Gasteiger partial charge on any atom is -0.339 e. The van der Waals surface area contributed by atoms with Crippen molar-refractivity contribution in [2.75, 3.05) is 13.1 Å². The average Bonchev–Trinajstić information content (AvgIpc) is 2.49. The van der Waals surface area contributed by atoms with Gasteiger partial charge in [-0.3, -0.25) is 4.79 Å². The Labute approximate surface area is 122 Å². The molecular formula is C15H19BrFNO. The van der Waals surface area contributed by atoms with E-state index in [0.29, 0.717) is 15.5 Å². The summed E-state index contributed by atoms with van der Waals surface area (Å²) in [6, 6.07) is 4.23. The summed E-state index contributed by atoms with van der Waals surface area (Å²) in [5.41, 5.74) is 0.843. The standard InChI is InChI=1S/C15H19BrFNO/c1-15(2)6-3-8-18(9-7-15)14(19)12-5-4-11(17)10-13(12)16/h4-5,10H,3,6-9H2,1-2H3. The number of benzene rings is 1. The van der Waals surface area contributed by atoms with Crippen LogP contribution < -0.4 is 0 Å². The summed E-state index contributed by atoms with van der Waals surface area (Å²) in [5.74, 6) is -0.343. The zero-order valence-corrected chi connectivity index (χ0v) is 13.0. The van der Waals surface area contributed by atoms with Gasteiger partial charge in [-0.2, -0.15) is 0 Å². The predicted octanol–water partition coefficient (Wildman–Crippen LogP) is 4.24. The second-order valence-corrected chi connectivity index (χ2v) is 6.79. The molecule has 2 nitrogen and oxygen atoms in total. The van der Waals surface area contributed by atoms with Gasteiger partial charge in [-0.25, -0.2) is 4.39 Å². The van der Waals surface area contributed by atoms with Crippen LogP contribution in [0.4, 0.5) is 4.39 Å². The van der Waals surface area contributed by atoms with Gasteiger partial charge in [-0.15, -0.1) is 0 Å². The highest BCUT2D eigenvalue weighted by molar-refractivity contribution is 9.10. The van der Waals surface area contributed by atoms with Crippen LogP contribution in [0.1, 0.15) is 43.5 Å². The Morgan fingerprint density at radius 1 is 1.32 bits per heavy atom. The summed E-state index contributed by atoms with van der Waals surface area (Å²) >= 11 is 3.27. The first-order chi connectivity index (χ1) is 8.89. The molecule has 0 radical (unpaired) electrons. The number of carbonyl (C=O) groups is 1. The summed E-state index contributed by atoms with van der Waals surface area (Å²) in [6.45, 7) is 6.05. The topological polar surface area (TPSA) is 20.3 Å². The van der Waals surface area contributed by atoms with Crippen LogP contribution in [0.3, 0.4) is 0 Å². The van der Waals surface area contributed by atoms with Crippen molar-refractivity contribution in [1.29, 1.82) is 0 Å². The number of carbonyl (C=O) groups excluding carboxylic acids is 1. The second kappa shape index (κ2) is 5.61. The smallest absolute Gasteiger partial charge is 0.255 e. The zero-order chi connectivity index (χ0) is 14.0. The van der Waals surface area contributed by atoms with Crippen LogP contribution in [0.25, 0.3) is 0 Å². The van der Waals surface area contributed by atoms with Crippen LogP contribution in [0.5, 0.6) is 0 Å². The molecule has 1 aliphatic rings. The average molecular weight is 328 g/mol. The van der Waals surface area contributed by atoms with E-state index in [2.05, 4.69) is 29.8 Å². The highest BCUT2D eigenvalue weighted by Crippen LogP contribution is 2.30. The van der Waals surface area contributed by atoms with E-state index in [0.717, 1.165) is 32.4 Å². The quantitative estimate of drug-likeness (QED) is 0.755. The first kappa shape index (κ1) is 14.5. The minimum absolute atomic E-state index is 0.00965. The lowest BCUT2D eigenvalue weighted by Gasteiger charge is -2.23. The number of halogens is 2. The molecule has 2 rings (SSSR count). The Hall–Kier alpha value is -0.900. The first-order valence-electron chi connectivity index (χ1n) is 6.63. The fourth-order valence-electron chi connectivity index (χ4n) is 2.46. The highest BCUT2D eigenvalue weighted by Gasteiger charge is 2.26. The Kier molecular flexibility index (Phi) is 4.29. The van der Waals surface area contributed by atoms with Crippen LogP contribution in [-0.4, -0.2) is 23.9 Å². The Balaban J connectivity index is 2.15. The van der Waals surface area contributed by atoms with Crippen molar-refractivity contribution in [3.8, 4) is 0 Å². The molecule has 0 bridgehead atoms. The second-order valence-electron chi connectivity index (χ2n) is 5.93. The van der Waals surface area contributed by atoms with Gasteiger partial charge < -0.3 is 4.90 Å². The van der Waals surface area contributed by atoms with Crippen molar-refractivity contribution in [3.63, 3.8) is 0 Å². The molecule has 1 fully saturated rings.